The summed E-state index contributed by atoms with van der Waals surface area (Å²) in [6.07, 6.45) is 0. The first kappa shape index (κ1) is 15.2. The number of urea groups is 1. The van der Waals surface area contributed by atoms with Gasteiger partial charge in [0.15, 0.2) is 0 Å². The fourth-order valence-corrected chi connectivity index (χ4v) is 2.53. The molecule has 0 atom stereocenters. The van der Waals surface area contributed by atoms with E-state index in [4.69, 9.17) is 9.47 Å². The minimum Gasteiger partial charge on any atom is -0.494 e. The molecule has 120 valence electrons. The van der Waals surface area contributed by atoms with Gasteiger partial charge in [0.25, 0.3) is 0 Å². The van der Waals surface area contributed by atoms with Crippen LogP contribution in [0.15, 0.2) is 42.5 Å². The third kappa shape index (κ3) is 3.39. The molecular weight excluding hydrogens is 292 g/mol. The van der Waals surface area contributed by atoms with Gasteiger partial charge in [-0.3, -0.25) is 4.90 Å². The van der Waals surface area contributed by atoms with Crippen molar-refractivity contribution in [3.05, 3.63) is 48.0 Å². The Balaban J connectivity index is 1.75. The van der Waals surface area contributed by atoms with Crippen molar-refractivity contribution in [1.82, 2.24) is 0 Å². The summed E-state index contributed by atoms with van der Waals surface area (Å²) in [5.41, 5.74) is 2.63. The van der Waals surface area contributed by atoms with E-state index in [9.17, 15) is 4.79 Å². The van der Waals surface area contributed by atoms with Gasteiger partial charge in [0.2, 0.25) is 0 Å². The van der Waals surface area contributed by atoms with Gasteiger partial charge in [0.05, 0.1) is 18.8 Å². The summed E-state index contributed by atoms with van der Waals surface area (Å²) >= 11 is 0. The topological polar surface area (TPSA) is 50.8 Å². The molecule has 0 unspecified atom stereocenters. The Labute approximate surface area is 135 Å². The van der Waals surface area contributed by atoms with Crippen LogP contribution in [0.1, 0.15) is 12.5 Å². The third-order valence-corrected chi connectivity index (χ3v) is 3.64. The maximum Gasteiger partial charge on any atom is 0.326 e. The van der Waals surface area contributed by atoms with Gasteiger partial charge in [0, 0.05) is 5.69 Å². The van der Waals surface area contributed by atoms with Crippen LogP contribution in [-0.2, 0) is 0 Å². The molecule has 2 aromatic rings. The highest BCUT2D eigenvalue weighted by Crippen LogP contribution is 2.32. The summed E-state index contributed by atoms with van der Waals surface area (Å²) in [7, 11) is 0. The lowest BCUT2D eigenvalue weighted by Crippen LogP contribution is -2.40. The molecule has 1 aliphatic rings. The summed E-state index contributed by atoms with van der Waals surface area (Å²) < 4.78 is 11.0. The smallest absolute Gasteiger partial charge is 0.326 e. The Kier molecular flexibility index (Phi) is 4.37. The molecule has 23 heavy (non-hydrogen) atoms. The van der Waals surface area contributed by atoms with Crippen molar-refractivity contribution in [3.63, 3.8) is 0 Å². The summed E-state index contributed by atoms with van der Waals surface area (Å²) in [4.78, 5) is 14.3. The minimum absolute atomic E-state index is 0.163. The van der Waals surface area contributed by atoms with Crippen LogP contribution < -0.4 is 19.7 Å². The lowest BCUT2D eigenvalue weighted by Gasteiger charge is -2.29. The monoisotopic (exact) mass is 312 g/mol. The average Bonchev–Trinajstić information content (AvgIpc) is 2.56. The van der Waals surface area contributed by atoms with Gasteiger partial charge < -0.3 is 14.8 Å². The molecule has 0 aromatic heterocycles. The van der Waals surface area contributed by atoms with Crippen LogP contribution in [0, 0.1) is 6.92 Å². The molecule has 5 nitrogen and oxygen atoms in total. The largest absolute Gasteiger partial charge is 0.494 e. The Bertz CT molecular complexity index is 698. The number of benzene rings is 2. The first-order valence-electron chi connectivity index (χ1n) is 7.72. The summed E-state index contributed by atoms with van der Waals surface area (Å²) in [6, 6.07) is 13.0. The maximum absolute atomic E-state index is 12.6. The number of amides is 2. The first-order chi connectivity index (χ1) is 11.2. The standard InChI is InChI=1S/C18H20N2O3/c1-3-22-15-7-5-14(6-8-15)19-18(21)20-10-11-23-17-9-4-13(2)12-16(17)20/h4-9,12H,3,10-11H2,1-2H3,(H,19,21). The van der Waals surface area contributed by atoms with Crippen LogP contribution in [0.2, 0.25) is 0 Å². The molecule has 0 radical (unpaired) electrons. The van der Waals surface area contributed by atoms with Crippen molar-refractivity contribution >= 4 is 17.4 Å². The number of aryl methyl sites for hydroxylation is 1. The zero-order valence-electron chi connectivity index (χ0n) is 13.3. The van der Waals surface area contributed by atoms with E-state index in [1.54, 1.807) is 4.90 Å². The quantitative estimate of drug-likeness (QED) is 0.937. The third-order valence-electron chi connectivity index (χ3n) is 3.64. The van der Waals surface area contributed by atoms with E-state index in [1.165, 1.54) is 0 Å². The van der Waals surface area contributed by atoms with Gasteiger partial charge in [0.1, 0.15) is 18.1 Å². The number of ether oxygens (including phenoxy) is 2. The number of fused-ring (bicyclic) bond motifs is 1. The molecule has 0 fully saturated rings. The van der Waals surface area contributed by atoms with Crippen LogP contribution >= 0.6 is 0 Å². The second-order valence-electron chi connectivity index (χ2n) is 5.36. The predicted molar refractivity (Wildman–Crippen MR) is 90.6 cm³/mol. The number of carbonyl (C=O) groups is 1. The van der Waals surface area contributed by atoms with Crippen LogP contribution in [-0.4, -0.2) is 25.8 Å². The molecule has 0 aliphatic carbocycles. The van der Waals surface area contributed by atoms with Gasteiger partial charge in [-0.15, -0.1) is 0 Å². The van der Waals surface area contributed by atoms with E-state index in [-0.39, 0.29) is 6.03 Å². The van der Waals surface area contributed by atoms with Gasteiger partial charge >= 0.3 is 6.03 Å². The molecule has 0 bridgehead atoms. The van der Waals surface area contributed by atoms with Crippen molar-refractivity contribution in [2.75, 3.05) is 30.0 Å². The van der Waals surface area contributed by atoms with Gasteiger partial charge in [-0.25, -0.2) is 4.79 Å². The van der Waals surface area contributed by atoms with Crippen LogP contribution in [0.4, 0.5) is 16.2 Å². The number of nitrogens with one attached hydrogen (secondary N) is 1. The number of carbonyl (C=O) groups excluding carboxylic acids is 1. The Hall–Kier alpha value is -2.69. The second-order valence-corrected chi connectivity index (χ2v) is 5.36. The molecule has 3 rings (SSSR count). The van der Waals surface area contributed by atoms with E-state index in [2.05, 4.69) is 5.32 Å². The fraction of sp³-hybridized carbons (Fsp3) is 0.278. The molecule has 0 saturated carbocycles. The molecule has 1 heterocycles. The molecule has 2 amide bonds. The normalized spacial score (nSPS) is 13.0. The van der Waals surface area contributed by atoms with E-state index in [1.807, 2.05) is 56.3 Å². The highest BCUT2D eigenvalue weighted by atomic mass is 16.5. The van der Waals surface area contributed by atoms with Crippen LogP contribution in [0.5, 0.6) is 11.5 Å². The summed E-state index contributed by atoms with van der Waals surface area (Å²) in [6.45, 7) is 5.58. The highest BCUT2D eigenvalue weighted by molar-refractivity contribution is 6.03. The zero-order chi connectivity index (χ0) is 16.2. The molecule has 2 aromatic carbocycles. The van der Waals surface area contributed by atoms with Crippen molar-refractivity contribution in [2.24, 2.45) is 0 Å². The first-order valence-corrected chi connectivity index (χ1v) is 7.72. The van der Waals surface area contributed by atoms with Gasteiger partial charge in [-0.2, -0.15) is 0 Å². The highest BCUT2D eigenvalue weighted by Gasteiger charge is 2.23. The zero-order valence-corrected chi connectivity index (χ0v) is 13.3. The SMILES string of the molecule is CCOc1ccc(NC(=O)N2CCOc3ccc(C)cc32)cc1. The van der Waals surface area contributed by atoms with E-state index >= 15 is 0 Å². The molecule has 0 saturated heterocycles. The number of anilines is 2. The average molecular weight is 312 g/mol. The second kappa shape index (κ2) is 6.60. The Morgan fingerprint density at radius 3 is 2.78 bits per heavy atom. The fourth-order valence-electron chi connectivity index (χ4n) is 2.53. The van der Waals surface area contributed by atoms with Crippen molar-refractivity contribution in [3.8, 4) is 11.5 Å². The minimum atomic E-state index is -0.163. The van der Waals surface area contributed by atoms with Crippen molar-refractivity contribution in [1.29, 1.82) is 0 Å². The summed E-state index contributed by atoms with van der Waals surface area (Å²) in [5.74, 6) is 1.53. The maximum atomic E-state index is 12.6. The van der Waals surface area contributed by atoms with E-state index in [0.29, 0.717) is 19.8 Å². The molecule has 5 heteroatoms. The number of nitrogens with zero attached hydrogens (tertiary/aromatic N) is 1. The Morgan fingerprint density at radius 1 is 1.26 bits per heavy atom. The van der Waals surface area contributed by atoms with Gasteiger partial charge in [-0.05, 0) is 55.8 Å². The molecule has 0 spiro atoms. The van der Waals surface area contributed by atoms with Crippen LogP contribution in [0.3, 0.4) is 0 Å². The Morgan fingerprint density at radius 2 is 2.04 bits per heavy atom. The molecular formula is C18H20N2O3. The number of rotatable bonds is 3. The van der Waals surface area contributed by atoms with Crippen molar-refractivity contribution < 1.29 is 14.3 Å². The lowest BCUT2D eigenvalue weighted by atomic mass is 10.1. The van der Waals surface area contributed by atoms with E-state index < -0.39 is 0 Å². The summed E-state index contributed by atoms with van der Waals surface area (Å²) in [5, 5.41) is 2.92. The number of hydrogen-bond donors (Lipinski definition) is 1. The van der Waals surface area contributed by atoms with Gasteiger partial charge in [-0.1, -0.05) is 6.07 Å². The van der Waals surface area contributed by atoms with Crippen LogP contribution in [0.25, 0.3) is 0 Å². The molecule has 1 N–H and O–H groups in total. The number of hydrogen-bond acceptors (Lipinski definition) is 3. The lowest BCUT2D eigenvalue weighted by molar-refractivity contribution is 0.250. The van der Waals surface area contributed by atoms with Crippen molar-refractivity contribution in [2.45, 2.75) is 13.8 Å². The molecule has 1 aliphatic heterocycles. The predicted octanol–water partition coefficient (Wildman–Crippen LogP) is 3.82. The van der Waals surface area contributed by atoms with E-state index in [0.717, 1.165) is 28.4 Å².